The molecule has 214 valence electrons. The Morgan fingerprint density at radius 1 is 1.30 bits per heavy atom. The van der Waals surface area contributed by atoms with Crippen molar-refractivity contribution in [3.63, 3.8) is 0 Å². The van der Waals surface area contributed by atoms with Gasteiger partial charge in [-0.3, -0.25) is 18.5 Å². The minimum absolute atomic E-state index is 0.0208. The fourth-order valence-corrected chi connectivity index (χ4v) is 4.89. The van der Waals surface area contributed by atoms with E-state index in [0.717, 1.165) is 4.57 Å². The maximum absolute atomic E-state index is 11.9. The van der Waals surface area contributed by atoms with Crippen molar-refractivity contribution in [1.29, 1.82) is 0 Å². The fourth-order valence-electron chi connectivity index (χ4n) is 2.63. The summed E-state index contributed by atoms with van der Waals surface area (Å²) in [7, 11) is -6.47. The molecule has 37 heavy (non-hydrogen) atoms. The van der Waals surface area contributed by atoms with E-state index in [1.54, 1.807) is 13.8 Å². The van der Waals surface area contributed by atoms with Crippen LogP contribution in [0, 0.1) is 5.92 Å². The third-order valence-corrected chi connectivity index (χ3v) is 7.21. The summed E-state index contributed by atoms with van der Waals surface area (Å²) >= 11 is 0. The minimum atomic E-state index is -5.23. The van der Waals surface area contributed by atoms with Gasteiger partial charge in [-0.15, -0.1) is 4.62 Å². The zero-order valence-corrected chi connectivity index (χ0v) is 22.5. The number of nitrogens with two attached hydrogens (primary N) is 2. The van der Waals surface area contributed by atoms with Gasteiger partial charge in [0.1, 0.15) is 30.2 Å². The van der Waals surface area contributed by atoms with Gasteiger partial charge < -0.3 is 41.3 Å². The van der Waals surface area contributed by atoms with Gasteiger partial charge in [0.15, 0.2) is 6.23 Å². The van der Waals surface area contributed by atoms with Gasteiger partial charge in [0.05, 0.1) is 27.7 Å². The summed E-state index contributed by atoms with van der Waals surface area (Å²) in [4.78, 5) is 46.6. The number of aliphatic hydroxyl groups is 2. The number of carboxylic acid groups (broad SMARTS) is 1. The molecule has 0 aliphatic carbocycles. The number of hydroxylamine groups is 3. The minimum Gasteiger partial charge on any atom is -0.752 e. The van der Waals surface area contributed by atoms with Crippen LogP contribution in [0.5, 0.6) is 0 Å². The van der Waals surface area contributed by atoms with Crippen LogP contribution in [-0.2, 0) is 32.1 Å². The second-order valence-corrected chi connectivity index (χ2v) is 11.9. The van der Waals surface area contributed by atoms with E-state index in [4.69, 9.17) is 21.3 Å². The summed E-state index contributed by atoms with van der Waals surface area (Å²) in [5.41, 5.74) is 9.66. The topological polar surface area (TPSA) is 279 Å². The van der Waals surface area contributed by atoms with E-state index < -0.39 is 69.1 Å². The molecule has 0 spiro atoms. The first kappa shape index (κ1) is 33.2. The number of nitrogen functional groups attached to an aromatic ring is 1. The number of carboxylic acids is 1. The number of hydrogen-bond donors (Lipinski definition) is 6. The monoisotopic (exact) mass is 577 g/mol. The van der Waals surface area contributed by atoms with E-state index in [1.165, 1.54) is 33.4 Å². The maximum Gasteiger partial charge on any atom is 0.478 e. The Hall–Kier alpha value is -1.79. The molecule has 0 aromatic carbocycles. The van der Waals surface area contributed by atoms with Crippen LogP contribution >= 0.6 is 15.6 Å². The van der Waals surface area contributed by atoms with Crippen molar-refractivity contribution in [2.45, 2.75) is 44.4 Å². The molecular weight excluding hydrogens is 544 g/mol. The lowest BCUT2D eigenvalue weighted by Gasteiger charge is -2.30. The Labute approximate surface area is 211 Å². The summed E-state index contributed by atoms with van der Waals surface area (Å²) < 4.78 is 42.1. The molecule has 18 nitrogen and oxygen atoms in total. The highest BCUT2D eigenvalue weighted by atomic mass is 31.3. The molecule has 0 saturated carbocycles. The van der Waals surface area contributed by atoms with E-state index in [2.05, 4.69) is 18.4 Å². The number of rotatable bonds is 10. The highest BCUT2D eigenvalue weighted by Gasteiger charge is 2.45. The smallest absolute Gasteiger partial charge is 0.478 e. The molecule has 7 atom stereocenters. The average Bonchev–Trinajstić information content (AvgIpc) is 2.98. The van der Waals surface area contributed by atoms with Gasteiger partial charge in [-0.1, -0.05) is 13.8 Å². The van der Waals surface area contributed by atoms with Gasteiger partial charge in [-0.05, 0) is 12.0 Å². The molecule has 1 aromatic rings. The van der Waals surface area contributed by atoms with Gasteiger partial charge in [0, 0.05) is 6.20 Å². The number of carbonyl (C=O) groups is 1. The molecule has 8 N–H and O–H groups in total. The average molecular weight is 577 g/mol. The van der Waals surface area contributed by atoms with Crippen LogP contribution in [0.4, 0.5) is 5.82 Å². The molecule has 20 heteroatoms. The third-order valence-electron chi connectivity index (χ3n) is 4.42. The summed E-state index contributed by atoms with van der Waals surface area (Å²) in [6.45, 7) is 2.70. The molecule has 0 radical (unpaired) electrons. The number of hydrogen-bond acceptors (Lipinski definition) is 14. The van der Waals surface area contributed by atoms with E-state index >= 15 is 0 Å². The number of anilines is 1. The van der Waals surface area contributed by atoms with Crippen molar-refractivity contribution in [2.24, 2.45) is 11.7 Å². The van der Waals surface area contributed by atoms with Crippen LogP contribution in [-0.4, -0.2) is 92.5 Å². The summed E-state index contributed by atoms with van der Waals surface area (Å²) in [5.74, 6) is -0.983. The van der Waals surface area contributed by atoms with Crippen molar-refractivity contribution < 1.29 is 61.9 Å². The number of phosphoric ester groups is 1. The molecule has 1 aliphatic heterocycles. The molecule has 2 unspecified atom stereocenters. The summed E-state index contributed by atoms with van der Waals surface area (Å²) in [6.07, 6.45) is -4.91. The van der Waals surface area contributed by atoms with Gasteiger partial charge in [-0.25, -0.2) is 13.7 Å². The standard InChI is InChI=1S/C12H22N4O11P2.C5H11NO2/c1-16(2,3)26-29(22,23)27-28(20,21)24-6-7-9(17)10(18)11(25-7)15-5-4-8(13)14-12(15)19;1-3(2)4(6)5(7)8/h4-5,7,9-11,17-18H,6H2,1-3H3,(H3-,13,14,19,20,21,22,23);3-4H,6H2,1-2H3,(H,7,8)/t7-,9-,10-,11-;4-/m10/s1. The first-order valence-electron chi connectivity index (χ1n) is 10.5. The molecule has 1 aliphatic rings. The van der Waals surface area contributed by atoms with E-state index in [1.807, 2.05) is 0 Å². The van der Waals surface area contributed by atoms with Gasteiger partial charge in [0.25, 0.3) is 0 Å². The van der Waals surface area contributed by atoms with E-state index in [9.17, 15) is 38.7 Å². The van der Waals surface area contributed by atoms with E-state index in [0.29, 0.717) is 0 Å². The highest BCUT2D eigenvalue weighted by molar-refractivity contribution is 7.60. The van der Waals surface area contributed by atoms with Gasteiger partial charge >= 0.3 is 27.3 Å². The lowest BCUT2D eigenvalue weighted by molar-refractivity contribution is -1.04. The summed E-state index contributed by atoms with van der Waals surface area (Å²) in [6, 6.07) is 0.540. The van der Waals surface area contributed by atoms with Gasteiger partial charge in [-0.2, -0.15) is 9.63 Å². The number of quaternary nitrogens is 1. The van der Waals surface area contributed by atoms with Crippen LogP contribution in [0.25, 0.3) is 0 Å². The Kier molecular flexibility index (Phi) is 11.5. The molecule has 1 saturated heterocycles. The quantitative estimate of drug-likeness (QED) is 0.0971. The van der Waals surface area contributed by atoms with Crippen LogP contribution < -0.4 is 22.1 Å². The van der Waals surface area contributed by atoms with Crippen molar-refractivity contribution in [2.75, 3.05) is 33.5 Å². The Morgan fingerprint density at radius 3 is 2.30 bits per heavy atom. The molecule has 1 aromatic heterocycles. The Bertz CT molecular complexity index is 1080. The number of phosphoric acid groups is 2. The zero-order chi connectivity index (χ0) is 28.9. The summed E-state index contributed by atoms with van der Waals surface area (Å²) in [5, 5.41) is 28.4. The van der Waals surface area contributed by atoms with Crippen LogP contribution in [0.15, 0.2) is 17.1 Å². The number of aromatic nitrogens is 2. The molecule has 2 heterocycles. The second kappa shape index (κ2) is 12.8. The predicted molar refractivity (Wildman–Crippen MR) is 123 cm³/mol. The lowest BCUT2D eigenvalue weighted by Crippen LogP contribution is -2.36. The predicted octanol–water partition coefficient (Wildman–Crippen LogP) is -2.26. The lowest BCUT2D eigenvalue weighted by atomic mass is 10.1. The number of ether oxygens (including phenoxy) is 1. The van der Waals surface area contributed by atoms with Crippen LogP contribution in [0.3, 0.4) is 0 Å². The SMILES string of the molecule is CC(C)[C@H](N)C(=O)O.C[N+](C)(C)OP(=O)([O-])OP(=O)(O)OC[C@H]1O[C@@H](n2ccc(N)nc2=O)[C@H](O)[C@@H]1O. The molecular formula is C17H33N5O13P2. The first-order chi connectivity index (χ1) is 16.7. The molecule has 0 bridgehead atoms. The zero-order valence-electron chi connectivity index (χ0n) is 20.7. The largest absolute Gasteiger partial charge is 0.752 e. The number of aliphatic carboxylic acids is 1. The fraction of sp³-hybridized carbons (Fsp3) is 0.706. The molecule has 1 fully saturated rings. The Balaban J connectivity index is 0.000000738. The molecule has 2 rings (SSSR count). The van der Waals surface area contributed by atoms with Gasteiger partial charge in [0.2, 0.25) is 0 Å². The van der Waals surface area contributed by atoms with Crippen LogP contribution in [0.2, 0.25) is 0 Å². The number of nitrogens with zero attached hydrogens (tertiary/aromatic N) is 3. The van der Waals surface area contributed by atoms with Crippen molar-refractivity contribution >= 4 is 27.4 Å². The normalized spacial score (nSPS) is 26.0. The van der Waals surface area contributed by atoms with Crippen molar-refractivity contribution in [3.05, 3.63) is 22.7 Å². The second-order valence-electron chi connectivity index (χ2n) is 8.96. The highest BCUT2D eigenvalue weighted by Crippen LogP contribution is 2.59. The van der Waals surface area contributed by atoms with E-state index in [-0.39, 0.29) is 11.7 Å². The maximum atomic E-state index is 11.9. The van der Waals surface area contributed by atoms with Crippen molar-refractivity contribution in [1.82, 2.24) is 9.55 Å². The molecule has 0 amide bonds. The first-order valence-corrected chi connectivity index (χ1v) is 13.5. The Morgan fingerprint density at radius 2 is 1.86 bits per heavy atom. The van der Waals surface area contributed by atoms with Crippen LogP contribution in [0.1, 0.15) is 20.1 Å². The number of aliphatic hydroxyl groups excluding tert-OH is 2. The third kappa shape index (κ3) is 10.8. The van der Waals surface area contributed by atoms with Crippen molar-refractivity contribution in [3.8, 4) is 0 Å².